The number of aryl methyl sites for hydroxylation is 1. The molecule has 1 aliphatic heterocycles. The van der Waals surface area contributed by atoms with Gasteiger partial charge in [-0.05, 0) is 59.9 Å². The number of rotatable bonds is 7. The zero-order chi connectivity index (χ0) is 23.3. The number of aromatic nitrogens is 2. The van der Waals surface area contributed by atoms with E-state index in [2.05, 4.69) is 75.6 Å². The fourth-order valence-corrected chi connectivity index (χ4v) is 4.38. The molecule has 1 unspecified atom stereocenters. The van der Waals surface area contributed by atoms with Gasteiger partial charge in [-0.2, -0.15) is 0 Å². The number of fused-ring (bicyclic) bond motifs is 1. The summed E-state index contributed by atoms with van der Waals surface area (Å²) in [7, 11) is 1.70. The van der Waals surface area contributed by atoms with Crippen molar-refractivity contribution < 1.29 is 9.47 Å². The van der Waals surface area contributed by atoms with Crippen LogP contribution in [-0.2, 0) is 13.0 Å². The highest BCUT2D eigenvalue weighted by atomic mass is 16.5. The summed E-state index contributed by atoms with van der Waals surface area (Å²) < 4.78 is 13.9. The minimum absolute atomic E-state index is 0.122. The summed E-state index contributed by atoms with van der Waals surface area (Å²) in [4.78, 5) is 4.30. The Labute approximate surface area is 200 Å². The largest absolute Gasteiger partial charge is 0.493 e. The number of nitrogens with zero attached hydrogens (tertiary/aromatic N) is 2. The molecule has 34 heavy (non-hydrogen) atoms. The first kappa shape index (κ1) is 22.0. The summed E-state index contributed by atoms with van der Waals surface area (Å²) in [5.74, 6) is 2.53. The number of hydrogen-bond donors (Lipinski definition) is 1. The zero-order valence-corrected chi connectivity index (χ0v) is 19.6. The first-order valence-electron chi connectivity index (χ1n) is 11.6. The van der Waals surface area contributed by atoms with Gasteiger partial charge in [0, 0.05) is 24.6 Å². The maximum absolute atomic E-state index is 6.13. The lowest BCUT2D eigenvalue weighted by Gasteiger charge is -2.26. The van der Waals surface area contributed by atoms with Crippen molar-refractivity contribution in [1.29, 1.82) is 0 Å². The second kappa shape index (κ2) is 9.98. The van der Waals surface area contributed by atoms with Crippen LogP contribution in [0.1, 0.15) is 34.1 Å². The van der Waals surface area contributed by atoms with Crippen molar-refractivity contribution in [3.63, 3.8) is 0 Å². The number of methoxy groups -OCH3 is 1. The van der Waals surface area contributed by atoms with Crippen LogP contribution < -0.4 is 14.8 Å². The molecule has 5 nitrogen and oxygen atoms in total. The highest BCUT2D eigenvalue weighted by Gasteiger charge is 2.21. The van der Waals surface area contributed by atoms with Crippen LogP contribution in [0.15, 0.2) is 85.2 Å². The van der Waals surface area contributed by atoms with Gasteiger partial charge in [-0.15, -0.1) is 0 Å². The van der Waals surface area contributed by atoms with E-state index in [9.17, 15) is 0 Å². The molecule has 0 spiro atoms. The molecule has 1 N–H and O–H groups in total. The SMILES string of the molecule is COc1cc2c(cc1OCc1ccccc1)CCNC2/C=C/c1ccc(-n2ccnc2C)cc1. The average molecular weight is 452 g/mol. The highest BCUT2D eigenvalue weighted by Crippen LogP contribution is 2.36. The molecule has 1 aliphatic rings. The van der Waals surface area contributed by atoms with Crippen molar-refractivity contribution in [2.75, 3.05) is 13.7 Å². The molecule has 4 aromatic rings. The fourth-order valence-electron chi connectivity index (χ4n) is 4.38. The number of ether oxygens (including phenoxy) is 2. The maximum Gasteiger partial charge on any atom is 0.161 e. The molecular formula is C29H29N3O2. The van der Waals surface area contributed by atoms with E-state index in [0.717, 1.165) is 47.1 Å². The van der Waals surface area contributed by atoms with Crippen molar-refractivity contribution >= 4 is 6.08 Å². The third-order valence-corrected chi connectivity index (χ3v) is 6.23. The smallest absolute Gasteiger partial charge is 0.161 e. The van der Waals surface area contributed by atoms with E-state index < -0.39 is 0 Å². The van der Waals surface area contributed by atoms with Gasteiger partial charge in [0.2, 0.25) is 0 Å². The molecule has 172 valence electrons. The van der Waals surface area contributed by atoms with Crippen LogP contribution in [-0.4, -0.2) is 23.2 Å². The summed E-state index contributed by atoms with van der Waals surface area (Å²) in [6, 6.07) is 23.1. The first-order chi connectivity index (χ1) is 16.7. The second-order valence-electron chi connectivity index (χ2n) is 8.45. The van der Waals surface area contributed by atoms with E-state index in [4.69, 9.17) is 9.47 Å². The third kappa shape index (κ3) is 4.75. The number of nitrogens with one attached hydrogen (secondary N) is 1. The molecule has 2 heterocycles. The Morgan fingerprint density at radius 2 is 1.88 bits per heavy atom. The summed E-state index contributed by atoms with van der Waals surface area (Å²) in [6.07, 6.45) is 9.16. The normalized spacial score (nSPS) is 15.3. The van der Waals surface area contributed by atoms with E-state index in [0.29, 0.717) is 6.61 Å². The van der Waals surface area contributed by atoms with Crippen molar-refractivity contribution in [3.8, 4) is 17.2 Å². The van der Waals surface area contributed by atoms with Crippen LogP contribution in [0.25, 0.3) is 11.8 Å². The van der Waals surface area contributed by atoms with Crippen LogP contribution in [0.5, 0.6) is 11.5 Å². The number of hydrogen-bond acceptors (Lipinski definition) is 4. The summed E-state index contributed by atoms with van der Waals surface area (Å²) >= 11 is 0. The molecule has 0 fully saturated rings. The number of benzene rings is 3. The Hall–Kier alpha value is -3.83. The molecule has 3 aromatic carbocycles. The predicted molar refractivity (Wildman–Crippen MR) is 136 cm³/mol. The van der Waals surface area contributed by atoms with Crippen LogP contribution in [0.3, 0.4) is 0 Å². The van der Waals surface area contributed by atoms with Crippen molar-refractivity contribution in [2.45, 2.75) is 26.0 Å². The molecule has 1 aromatic heterocycles. The van der Waals surface area contributed by atoms with Crippen molar-refractivity contribution in [3.05, 3.63) is 113 Å². The van der Waals surface area contributed by atoms with Gasteiger partial charge >= 0.3 is 0 Å². The minimum Gasteiger partial charge on any atom is -0.493 e. The van der Waals surface area contributed by atoms with Gasteiger partial charge in [-0.25, -0.2) is 4.98 Å². The Morgan fingerprint density at radius 1 is 1.06 bits per heavy atom. The van der Waals surface area contributed by atoms with Crippen molar-refractivity contribution in [1.82, 2.24) is 14.9 Å². The summed E-state index contributed by atoms with van der Waals surface area (Å²) in [5.41, 5.74) is 5.94. The lowest BCUT2D eigenvalue weighted by Crippen LogP contribution is -2.28. The molecule has 0 saturated heterocycles. The average Bonchev–Trinajstić information content (AvgIpc) is 3.32. The van der Waals surface area contributed by atoms with E-state index in [1.54, 1.807) is 7.11 Å². The summed E-state index contributed by atoms with van der Waals surface area (Å²) in [5, 5.41) is 3.62. The second-order valence-corrected chi connectivity index (χ2v) is 8.45. The van der Waals surface area contributed by atoms with E-state index in [1.165, 1.54) is 11.1 Å². The maximum atomic E-state index is 6.13. The lowest BCUT2D eigenvalue weighted by atomic mass is 9.93. The molecule has 0 bridgehead atoms. The Morgan fingerprint density at radius 3 is 2.62 bits per heavy atom. The Balaban J connectivity index is 1.34. The Kier molecular flexibility index (Phi) is 6.45. The molecular weight excluding hydrogens is 422 g/mol. The molecule has 0 aliphatic carbocycles. The van der Waals surface area contributed by atoms with E-state index >= 15 is 0 Å². The quantitative estimate of drug-likeness (QED) is 0.393. The molecule has 0 amide bonds. The van der Waals surface area contributed by atoms with Gasteiger partial charge in [0.05, 0.1) is 13.2 Å². The molecule has 5 heteroatoms. The van der Waals surface area contributed by atoms with Gasteiger partial charge in [-0.1, -0.05) is 54.6 Å². The fraction of sp³-hybridized carbons (Fsp3) is 0.207. The first-order valence-corrected chi connectivity index (χ1v) is 11.6. The van der Waals surface area contributed by atoms with Crippen LogP contribution in [0.2, 0.25) is 0 Å². The van der Waals surface area contributed by atoms with Crippen molar-refractivity contribution in [2.24, 2.45) is 0 Å². The lowest BCUT2D eigenvalue weighted by molar-refractivity contribution is 0.283. The summed E-state index contributed by atoms with van der Waals surface area (Å²) in [6.45, 7) is 3.45. The molecule has 0 saturated carbocycles. The Bertz CT molecular complexity index is 1280. The minimum atomic E-state index is 0.122. The van der Waals surface area contributed by atoms with Gasteiger partial charge in [0.25, 0.3) is 0 Å². The molecule has 1 atom stereocenters. The molecule has 0 radical (unpaired) electrons. The van der Waals surface area contributed by atoms with Gasteiger partial charge in [0.15, 0.2) is 11.5 Å². The van der Waals surface area contributed by atoms with Gasteiger partial charge in [0.1, 0.15) is 12.4 Å². The topological polar surface area (TPSA) is 48.3 Å². The van der Waals surface area contributed by atoms with Crippen LogP contribution in [0.4, 0.5) is 0 Å². The van der Waals surface area contributed by atoms with Crippen LogP contribution in [0, 0.1) is 6.92 Å². The third-order valence-electron chi connectivity index (χ3n) is 6.23. The number of imidazole rings is 1. The van der Waals surface area contributed by atoms with Gasteiger partial charge < -0.3 is 19.4 Å². The van der Waals surface area contributed by atoms with E-state index in [1.807, 2.05) is 37.5 Å². The van der Waals surface area contributed by atoms with Crippen LogP contribution >= 0.6 is 0 Å². The highest BCUT2D eigenvalue weighted by molar-refractivity contribution is 5.56. The van der Waals surface area contributed by atoms with E-state index in [-0.39, 0.29) is 6.04 Å². The zero-order valence-electron chi connectivity index (χ0n) is 19.6. The predicted octanol–water partition coefficient (Wildman–Crippen LogP) is 5.67. The van der Waals surface area contributed by atoms with Gasteiger partial charge in [-0.3, -0.25) is 0 Å². The standard InChI is InChI=1S/C29H29N3O2/c1-21-30-16-17-32(21)25-11-8-22(9-12-25)10-13-27-26-19-28(33-2)29(18-24(26)14-15-31-27)34-20-23-6-4-3-5-7-23/h3-13,16-19,27,31H,14-15,20H2,1-2H3/b13-10+. The monoisotopic (exact) mass is 451 g/mol. The molecule has 5 rings (SSSR count).